The maximum Gasteiger partial charge on any atom is 0.249 e. The average molecular weight is 428 g/mol. The van der Waals surface area contributed by atoms with Gasteiger partial charge in [-0.1, -0.05) is 18.2 Å². The fourth-order valence-electron chi connectivity index (χ4n) is 3.74. The van der Waals surface area contributed by atoms with Crippen molar-refractivity contribution in [3.63, 3.8) is 0 Å². The van der Waals surface area contributed by atoms with Gasteiger partial charge in [-0.25, -0.2) is 9.50 Å². The minimum absolute atomic E-state index is 0.196. The molecule has 2 aromatic carbocycles. The van der Waals surface area contributed by atoms with Crippen LogP contribution in [-0.2, 0) is 12.3 Å². The Morgan fingerprint density at radius 3 is 2.77 bits per heavy atom. The van der Waals surface area contributed by atoms with Crippen LogP contribution in [-0.4, -0.2) is 25.5 Å². The lowest BCUT2D eigenvalue weighted by atomic mass is 10.0. The first kappa shape index (κ1) is 19.2. The number of carbonyl (C=O) groups is 1. The first-order valence-electron chi connectivity index (χ1n) is 9.79. The molecule has 152 valence electrons. The lowest BCUT2D eigenvalue weighted by molar-refractivity contribution is 0.0999. The maximum absolute atomic E-state index is 11.6. The summed E-state index contributed by atoms with van der Waals surface area (Å²) < 4.78 is 1.85. The summed E-state index contributed by atoms with van der Waals surface area (Å²) in [5.74, 6) is -0.297. The zero-order valence-corrected chi connectivity index (χ0v) is 17.3. The molecular weight excluding hydrogens is 410 g/mol. The van der Waals surface area contributed by atoms with Crippen LogP contribution in [0.25, 0.3) is 27.8 Å². The number of fused-ring (bicyclic) bond motifs is 2. The van der Waals surface area contributed by atoms with E-state index in [1.165, 1.54) is 0 Å². The van der Waals surface area contributed by atoms with Crippen molar-refractivity contribution in [2.45, 2.75) is 12.3 Å². The number of hydrogen-bond acceptors (Lipinski definition) is 4. The fraction of sp³-hybridized carbons (Fsp3) is 0.0833. The summed E-state index contributed by atoms with van der Waals surface area (Å²) in [4.78, 5) is 20.5. The number of hydrogen-bond donors (Lipinski definition) is 1. The molecule has 0 aliphatic heterocycles. The number of primary amides is 1. The molecule has 5 rings (SSSR count). The van der Waals surface area contributed by atoms with E-state index in [1.54, 1.807) is 12.3 Å². The van der Waals surface area contributed by atoms with Crippen molar-refractivity contribution in [2.75, 3.05) is 0 Å². The summed E-state index contributed by atoms with van der Waals surface area (Å²) in [6.07, 6.45) is 4.33. The molecule has 0 aliphatic rings. The Hall–Kier alpha value is -3.77. The molecule has 2 N–H and O–H groups in total. The molecule has 0 bridgehead atoms. The van der Waals surface area contributed by atoms with E-state index >= 15 is 0 Å². The number of amides is 1. The Morgan fingerprint density at radius 1 is 1.03 bits per heavy atom. The molecule has 0 aliphatic carbocycles. The van der Waals surface area contributed by atoms with E-state index in [0.717, 1.165) is 39.1 Å². The van der Waals surface area contributed by atoms with Gasteiger partial charge in [0.15, 0.2) is 5.65 Å². The molecule has 0 saturated heterocycles. The highest BCUT2D eigenvalue weighted by Crippen LogP contribution is 2.23. The number of benzene rings is 2. The summed E-state index contributed by atoms with van der Waals surface area (Å²) in [6, 6.07) is 19.5. The van der Waals surface area contributed by atoms with Gasteiger partial charge < -0.3 is 5.73 Å². The van der Waals surface area contributed by atoms with E-state index in [1.807, 2.05) is 47.1 Å². The Labute approximate surface area is 183 Å². The van der Waals surface area contributed by atoms with E-state index < -0.39 is 5.91 Å². The van der Waals surface area contributed by atoms with Crippen LogP contribution >= 0.6 is 11.6 Å². The van der Waals surface area contributed by atoms with Gasteiger partial charge in [-0.2, -0.15) is 5.10 Å². The standard InChI is InChI=1S/C24H18ClN5O/c25-13-18-12-17(4-5-20(18)24(26)31)22-7-8-23-28-14-19(30(23)29-22)11-15-3-6-21-16(10-15)2-1-9-27-21/h1-10,12,14H,11,13H2,(H2,26,31). The average Bonchev–Trinajstić information content (AvgIpc) is 3.20. The molecule has 6 nitrogen and oxygen atoms in total. The molecule has 0 saturated carbocycles. The maximum atomic E-state index is 11.6. The molecule has 3 heterocycles. The van der Waals surface area contributed by atoms with Crippen LogP contribution in [0.3, 0.4) is 0 Å². The molecule has 1 amide bonds. The van der Waals surface area contributed by atoms with Gasteiger partial charge in [0.1, 0.15) is 0 Å². The number of halogens is 1. The first-order chi connectivity index (χ1) is 15.1. The molecule has 0 fully saturated rings. The van der Waals surface area contributed by atoms with E-state index in [9.17, 15) is 4.79 Å². The van der Waals surface area contributed by atoms with Gasteiger partial charge in [-0.15, -0.1) is 11.6 Å². The molecule has 0 radical (unpaired) electrons. The number of pyridine rings is 1. The smallest absolute Gasteiger partial charge is 0.249 e. The normalized spacial score (nSPS) is 11.3. The SMILES string of the molecule is NC(=O)c1ccc(-c2ccc3ncc(Cc4ccc5ncccc5c4)n3n2)cc1CCl. The zero-order valence-electron chi connectivity index (χ0n) is 16.5. The van der Waals surface area contributed by atoms with E-state index in [4.69, 9.17) is 22.4 Å². The zero-order chi connectivity index (χ0) is 21.4. The number of carbonyl (C=O) groups excluding carboxylic acids is 1. The number of nitrogens with zero attached hydrogens (tertiary/aromatic N) is 4. The number of nitrogens with two attached hydrogens (primary N) is 1. The summed E-state index contributed by atoms with van der Waals surface area (Å²) in [6.45, 7) is 0. The number of aromatic nitrogens is 4. The Morgan fingerprint density at radius 2 is 1.94 bits per heavy atom. The third-order valence-electron chi connectivity index (χ3n) is 5.30. The highest BCUT2D eigenvalue weighted by atomic mass is 35.5. The van der Waals surface area contributed by atoms with E-state index in [2.05, 4.69) is 28.2 Å². The van der Waals surface area contributed by atoms with Crippen molar-refractivity contribution in [1.82, 2.24) is 19.6 Å². The molecule has 5 aromatic rings. The lowest BCUT2D eigenvalue weighted by Gasteiger charge is -2.08. The second kappa shape index (κ2) is 7.81. The molecular formula is C24H18ClN5O. The molecule has 0 spiro atoms. The quantitative estimate of drug-likeness (QED) is 0.422. The monoisotopic (exact) mass is 427 g/mol. The van der Waals surface area contributed by atoms with Crippen LogP contribution in [0.1, 0.15) is 27.2 Å². The molecule has 0 unspecified atom stereocenters. The van der Waals surface area contributed by atoms with Crippen LogP contribution < -0.4 is 5.73 Å². The highest BCUT2D eigenvalue weighted by Gasteiger charge is 2.12. The van der Waals surface area contributed by atoms with Gasteiger partial charge in [0.2, 0.25) is 5.91 Å². The highest BCUT2D eigenvalue weighted by molar-refractivity contribution is 6.17. The van der Waals surface area contributed by atoms with Crippen molar-refractivity contribution >= 4 is 34.1 Å². The first-order valence-corrected chi connectivity index (χ1v) is 10.3. The number of alkyl halides is 1. The van der Waals surface area contributed by atoms with Gasteiger partial charge in [0.05, 0.1) is 23.1 Å². The van der Waals surface area contributed by atoms with Gasteiger partial charge in [-0.05, 0) is 53.6 Å². The summed E-state index contributed by atoms with van der Waals surface area (Å²) in [5, 5.41) is 5.90. The molecule has 31 heavy (non-hydrogen) atoms. The Balaban J connectivity index is 1.53. The Kier molecular flexibility index (Phi) is 4.84. The van der Waals surface area contributed by atoms with Gasteiger partial charge in [0, 0.05) is 35.0 Å². The predicted octanol–water partition coefficient (Wildman–Crippen LogP) is 4.37. The third kappa shape index (κ3) is 3.62. The minimum Gasteiger partial charge on any atom is -0.366 e. The topological polar surface area (TPSA) is 86.2 Å². The van der Waals surface area contributed by atoms with Crippen molar-refractivity contribution in [2.24, 2.45) is 5.73 Å². The van der Waals surface area contributed by atoms with Crippen molar-refractivity contribution in [1.29, 1.82) is 0 Å². The van der Waals surface area contributed by atoms with Crippen molar-refractivity contribution < 1.29 is 4.79 Å². The van der Waals surface area contributed by atoms with Crippen LogP contribution in [0.4, 0.5) is 0 Å². The number of imidazole rings is 1. The minimum atomic E-state index is -0.493. The largest absolute Gasteiger partial charge is 0.366 e. The summed E-state index contributed by atoms with van der Waals surface area (Å²) in [7, 11) is 0. The Bertz CT molecular complexity index is 1440. The predicted molar refractivity (Wildman–Crippen MR) is 121 cm³/mol. The number of rotatable bonds is 5. The van der Waals surface area contributed by atoms with Crippen LogP contribution in [0.5, 0.6) is 0 Å². The molecule has 0 atom stereocenters. The lowest BCUT2D eigenvalue weighted by Crippen LogP contribution is -2.13. The van der Waals surface area contributed by atoms with Crippen LogP contribution in [0.2, 0.25) is 0 Å². The summed E-state index contributed by atoms with van der Waals surface area (Å²) in [5.41, 5.74) is 12.0. The fourth-order valence-corrected chi connectivity index (χ4v) is 3.96. The second-order valence-corrected chi connectivity index (χ2v) is 7.58. The second-order valence-electron chi connectivity index (χ2n) is 7.32. The van der Waals surface area contributed by atoms with E-state index in [0.29, 0.717) is 17.5 Å². The van der Waals surface area contributed by atoms with E-state index in [-0.39, 0.29) is 5.88 Å². The van der Waals surface area contributed by atoms with Crippen molar-refractivity contribution in [3.05, 3.63) is 95.4 Å². The molecule has 3 aromatic heterocycles. The summed E-state index contributed by atoms with van der Waals surface area (Å²) >= 11 is 6.02. The molecule has 7 heteroatoms. The van der Waals surface area contributed by atoms with Gasteiger partial charge >= 0.3 is 0 Å². The third-order valence-corrected chi connectivity index (χ3v) is 5.58. The van der Waals surface area contributed by atoms with Crippen LogP contribution in [0.15, 0.2) is 73.1 Å². The van der Waals surface area contributed by atoms with Crippen LogP contribution in [0, 0.1) is 0 Å². The van der Waals surface area contributed by atoms with Crippen molar-refractivity contribution in [3.8, 4) is 11.3 Å². The van der Waals surface area contributed by atoms with Gasteiger partial charge in [-0.3, -0.25) is 9.78 Å². The van der Waals surface area contributed by atoms with Gasteiger partial charge in [0.25, 0.3) is 0 Å².